The third kappa shape index (κ3) is 5.39. The van der Waals surface area contributed by atoms with E-state index in [9.17, 15) is 13.2 Å². The number of carbonyl (C=O) groups excluding carboxylic acids is 1. The van der Waals surface area contributed by atoms with Gasteiger partial charge in [0.15, 0.2) is 0 Å². The lowest BCUT2D eigenvalue weighted by Gasteiger charge is -2.29. The van der Waals surface area contributed by atoms with E-state index in [0.717, 1.165) is 21.7 Å². The number of aromatic nitrogens is 2. The summed E-state index contributed by atoms with van der Waals surface area (Å²) in [6.07, 6.45) is 1.34. The van der Waals surface area contributed by atoms with Gasteiger partial charge in [-0.2, -0.15) is 0 Å². The van der Waals surface area contributed by atoms with Crippen molar-refractivity contribution in [1.29, 1.82) is 0 Å². The molecule has 1 heterocycles. The second-order valence-corrected chi connectivity index (χ2v) is 9.79. The van der Waals surface area contributed by atoms with Crippen LogP contribution in [0.1, 0.15) is 18.9 Å². The lowest BCUT2D eigenvalue weighted by atomic mass is 10.2. The van der Waals surface area contributed by atoms with Crippen LogP contribution in [0.5, 0.6) is 5.75 Å². The molecule has 0 unspecified atom stereocenters. The van der Waals surface area contributed by atoms with E-state index in [1.54, 1.807) is 31.2 Å². The predicted octanol–water partition coefficient (Wildman–Crippen LogP) is 3.71. The monoisotopic (exact) mass is 460 g/mol. The molecule has 0 aliphatic carbocycles. The summed E-state index contributed by atoms with van der Waals surface area (Å²) in [4.78, 5) is 13.0. The number of carbonyl (C=O) groups is 1. The minimum Gasteiger partial charge on any atom is -0.497 e. The Balaban J connectivity index is 1.86. The summed E-state index contributed by atoms with van der Waals surface area (Å²) in [6, 6.07) is 13.4. The van der Waals surface area contributed by atoms with Crippen LogP contribution in [0.2, 0.25) is 0 Å². The molecule has 0 bridgehead atoms. The van der Waals surface area contributed by atoms with Crippen LogP contribution in [-0.2, 0) is 14.8 Å². The van der Waals surface area contributed by atoms with Gasteiger partial charge in [0.25, 0.3) is 0 Å². The van der Waals surface area contributed by atoms with Crippen LogP contribution in [0, 0.1) is 6.92 Å². The molecular weight excluding hydrogens is 436 g/mol. The van der Waals surface area contributed by atoms with Crippen molar-refractivity contribution in [2.24, 2.45) is 0 Å². The molecular formula is C21H24N4O4S2. The highest BCUT2D eigenvalue weighted by Crippen LogP contribution is 2.29. The molecule has 10 heteroatoms. The summed E-state index contributed by atoms with van der Waals surface area (Å²) in [5.41, 5.74) is 2.37. The zero-order valence-electron chi connectivity index (χ0n) is 17.7. The van der Waals surface area contributed by atoms with E-state index >= 15 is 0 Å². The molecule has 8 nitrogen and oxygen atoms in total. The predicted molar refractivity (Wildman–Crippen MR) is 123 cm³/mol. The first-order valence-corrected chi connectivity index (χ1v) is 12.2. The molecule has 0 spiro atoms. The fraction of sp³-hybridized carbons (Fsp3) is 0.286. The average Bonchev–Trinajstić information content (AvgIpc) is 3.19. The minimum atomic E-state index is -3.75. The van der Waals surface area contributed by atoms with Crippen LogP contribution in [0.15, 0.2) is 48.5 Å². The van der Waals surface area contributed by atoms with E-state index in [0.29, 0.717) is 21.6 Å². The molecule has 164 valence electrons. The van der Waals surface area contributed by atoms with Crippen LogP contribution in [-0.4, -0.2) is 43.9 Å². The number of benzene rings is 2. The molecule has 2 aromatic carbocycles. The quantitative estimate of drug-likeness (QED) is 0.550. The van der Waals surface area contributed by atoms with E-state index in [4.69, 9.17) is 4.74 Å². The average molecular weight is 461 g/mol. The fourth-order valence-corrected chi connectivity index (χ4v) is 5.04. The third-order valence-corrected chi connectivity index (χ3v) is 6.66. The second-order valence-electron chi connectivity index (χ2n) is 6.95. The number of rotatable bonds is 8. The third-order valence-electron chi connectivity index (χ3n) is 4.59. The maximum absolute atomic E-state index is 13.0. The summed E-state index contributed by atoms with van der Waals surface area (Å²) in [5.74, 6) is 0.00984. The second kappa shape index (κ2) is 9.44. The van der Waals surface area contributed by atoms with Crippen molar-refractivity contribution in [3.63, 3.8) is 0 Å². The van der Waals surface area contributed by atoms with Crippen molar-refractivity contribution < 1.29 is 17.9 Å². The molecule has 3 rings (SSSR count). The molecule has 0 fully saturated rings. The molecule has 0 radical (unpaired) electrons. The number of aryl methyl sites for hydroxylation is 1. The van der Waals surface area contributed by atoms with Gasteiger partial charge in [-0.3, -0.25) is 14.4 Å². The van der Waals surface area contributed by atoms with Gasteiger partial charge in [-0.1, -0.05) is 54.2 Å². The molecule has 1 N–H and O–H groups in total. The number of nitrogens with one attached hydrogen (secondary N) is 1. The number of sulfonamides is 1. The van der Waals surface area contributed by atoms with E-state index < -0.39 is 22.0 Å². The van der Waals surface area contributed by atoms with Gasteiger partial charge in [-0.25, -0.2) is 8.42 Å². The summed E-state index contributed by atoms with van der Waals surface area (Å²) in [6.45, 7) is 3.75. The summed E-state index contributed by atoms with van der Waals surface area (Å²) < 4.78 is 31.5. The molecule has 3 aromatic rings. The van der Waals surface area contributed by atoms with Crippen LogP contribution >= 0.6 is 11.3 Å². The Morgan fingerprint density at radius 1 is 1.19 bits per heavy atom. The highest BCUT2D eigenvalue weighted by molar-refractivity contribution is 7.92. The van der Waals surface area contributed by atoms with Crippen molar-refractivity contribution in [3.05, 3.63) is 54.1 Å². The lowest BCUT2D eigenvalue weighted by Crippen LogP contribution is -2.47. The van der Waals surface area contributed by atoms with E-state index in [-0.39, 0.29) is 6.42 Å². The van der Waals surface area contributed by atoms with Crippen LogP contribution in [0.25, 0.3) is 10.6 Å². The maximum atomic E-state index is 13.0. The van der Waals surface area contributed by atoms with Crippen molar-refractivity contribution in [2.75, 3.05) is 23.0 Å². The standard InChI is InChI=1S/C21H24N4O4S2/c1-5-18(25(31(4,27)28)16-7-6-8-17(13-16)29-3)19(26)22-21-24-23-20(30-21)15-11-9-14(2)10-12-15/h6-13,18H,5H2,1-4H3,(H,22,24,26)/t18-/m1/s1. The van der Waals surface area contributed by atoms with Gasteiger partial charge < -0.3 is 4.74 Å². The Bertz CT molecular complexity index is 1160. The first-order valence-electron chi connectivity index (χ1n) is 9.57. The van der Waals surface area contributed by atoms with Crippen LogP contribution in [0.3, 0.4) is 0 Å². The maximum Gasteiger partial charge on any atom is 0.250 e. The zero-order chi connectivity index (χ0) is 22.6. The normalized spacial score (nSPS) is 12.3. The van der Waals surface area contributed by atoms with Gasteiger partial charge in [0.2, 0.25) is 21.1 Å². The van der Waals surface area contributed by atoms with Crippen LogP contribution in [0.4, 0.5) is 10.8 Å². The smallest absolute Gasteiger partial charge is 0.250 e. The molecule has 1 amide bonds. The molecule has 0 aliphatic rings. The summed E-state index contributed by atoms with van der Waals surface area (Å²) in [7, 11) is -2.25. The van der Waals surface area contributed by atoms with Gasteiger partial charge in [0.05, 0.1) is 19.1 Å². The molecule has 0 saturated carbocycles. The Morgan fingerprint density at radius 2 is 1.90 bits per heavy atom. The van der Waals surface area contributed by atoms with E-state index in [1.807, 2.05) is 31.2 Å². The minimum absolute atomic E-state index is 0.264. The highest BCUT2D eigenvalue weighted by Gasteiger charge is 2.32. The summed E-state index contributed by atoms with van der Waals surface area (Å²) in [5, 5.41) is 11.9. The molecule has 1 aromatic heterocycles. The number of hydrogen-bond acceptors (Lipinski definition) is 7. The molecule has 0 saturated heterocycles. The summed E-state index contributed by atoms with van der Waals surface area (Å²) >= 11 is 1.23. The van der Waals surface area contributed by atoms with Gasteiger partial charge >= 0.3 is 0 Å². The number of hydrogen-bond donors (Lipinski definition) is 1. The Hall–Kier alpha value is -2.98. The number of amides is 1. The van der Waals surface area contributed by atoms with E-state index in [2.05, 4.69) is 15.5 Å². The topological polar surface area (TPSA) is 101 Å². The Morgan fingerprint density at radius 3 is 2.52 bits per heavy atom. The fourth-order valence-electron chi connectivity index (χ4n) is 3.08. The van der Waals surface area contributed by atoms with Gasteiger partial charge in [0.1, 0.15) is 16.8 Å². The van der Waals surface area contributed by atoms with E-state index in [1.165, 1.54) is 18.4 Å². The first-order chi connectivity index (χ1) is 14.7. The Kier molecular flexibility index (Phi) is 6.91. The van der Waals surface area contributed by atoms with Crippen molar-refractivity contribution >= 4 is 38.1 Å². The van der Waals surface area contributed by atoms with Gasteiger partial charge in [0, 0.05) is 11.6 Å². The lowest BCUT2D eigenvalue weighted by molar-refractivity contribution is -0.117. The van der Waals surface area contributed by atoms with Gasteiger partial charge in [-0.05, 0) is 25.5 Å². The van der Waals surface area contributed by atoms with Crippen molar-refractivity contribution in [3.8, 4) is 16.3 Å². The SMILES string of the molecule is CC[C@H](C(=O)Nc1nnc(-c2ccc(C)cc2)s1)N(c1cccc(OC)c1)S(C)(=O)=O. The zero-order valence-corrected chi connectivity index (χ0v) is 19.3. The van der Waals surface area contributed by atoms with Crippen LogP contribution < -0.4 is 14.4 Å². The van der Waals surface area contributed by atoms with Crippen molar-refractivity contribution in [2.45, 2.75) is 26.3 Å². The van der Waals surface area contributed by atoms with Crippen molar-refractivity contribution in [1.82, 2.24) is 10.2 Å². The van der Waals surface area contributed by atoms with Gasteiger partial charge in [-0.15, -0.1) is 10.2 Å². The Labute approximate surface area is 185 Å². The largest absolute Gasteiger partial charge is 0.497 e. The molecule has 31 heavy (non-hydrogen) atoms. The number of ether oxygens (including phenoxy) is 1. The number of anilines is 2. The number of methoxy groups -OCH3 is 1. The molecule has 1 atom stereocenters. The highest BCUT2D eigenvalue weighted by atomic mass is 32.2. The molecule has 0 aliphatic heterocycles. The number of nitrogens with zero attached hydrogens (tertiary/aromatic N) is 3. The first kappa shape index (κ1) is 22.7.